The first-order valence-corrected chi connectivity index (χ1v) is 13.0. The minimum Gasteiger partial charge on any atom is -0.466 e. The normalized spacial score (nSPS) is 10.9. The van der Waals surface area contributed by atoms with Gasteiger partial charge in [0.2, 0.25) is 0 Å². The molecule has 0 aliphatic heterocycles. The molecule has 0 heterocycles. The van der Waals surface area contributed by atoms with Crippen LogP contribution < -0.4 is 0 Å². The third-order valence-corrected chi connectivity index (χ3v) is 5.53. The zero-order valence-electron chi connectivity index (χ0n) is 20.2. The highest BCUT2D eigenvalue weighted by molar-refractivity contribution is 5.69. The molecule has 0 spiro atoms. The Morgan fingerprint density at radius 1 is 0.433 bits per heavy atom. The van der Waals surface area contributed by atoms with Gasteiger partial charge in [0.15, 0.2) is 0 Å². The van der Waals surface area contributed by atoms with Crippen LogP contribution in [0.3, 0.4) is 0 Å². The van der Waals surface area contributed by atoms with Crippen LogP contribution in [0.2, 0.25) is 0 Å². The summed E-state index contributed by atoms with van der Waals surface area (Å²) in [5.41, 5.74) is 0. The zero-order valence-corrected chi connectivity index (χ0v) is 20.2. The molecule has 0 rings (SSSR count). The summed E-state index contributed by atoms with van der Waals surface area (Å²) in [6.45, 7) is 5.57. The Balaban J connectivity index is 3.28. The van der Waals surface area contributed by atoms with Crippen molar-refractivity contribution >= 4 is 11.9 Å². The van der Waals surface area contributed by atoms with Crippen LogP contribution >= 0.6 is 0 Å². The van der Waals surface area contributed by atoms with E-state index in [1.54, 1.807) is 0 Å². The van der Waals surface area contributed by atoms with E-state index in [9.17, 15) is 9.59 Å². The van der Waals surface area contributed by atoms with Crippen LogP contribution in [0.15, 0.2) is 0 Å². The van der Waals surface area contributed by atoms with Gasteiger partial charge in [-0.2, -0.15) is 0 Å². The second-order valence-corrected chi connectivity index (χ2v) is 8.60. The number of rotatable bonds is 23. The molecule has 0 aromatic rings. The van der Waals surface area contributed by atoms with E-state index in [-0.39, 0.29) is 11.9 Å². The molecular formula is C26H50O4. The molecule has 4 heteroatoms. The first-order chi connectivity index (χ1) is 14.7. The van der Waals surface area contributed by atoms with Gasteiger partial charge < -0.3 is 9.47 Å². The standard InChI is InChI=1S/C26H50O4/c1-3-5-7-9-11-13-15-20-24-30-26(28)22-18-16-17-21-25(27)29-23-19-14-12-10-8-6-4-2/h3-24H2,1-2H3. The molecule has 0 saturated heterocycles. The van der Waals surface area contributed by atoms with Crippen LogP contribution in [0, 0.1) is 0 Å². The Morgan fingerprint density at radius 3 is 1.10 bits per heavy atom. The van der Waals surface area contributed by atoms with Gasteiger partial charge in [0.1, 0.15) is 0 Å². The van der Waals surface area contributed by atoms with Crippen molar-refractivity contribution in [2.75, 3.05) is 13.2 Å². The first kappa shape index (κ1) is 28.9. The average Bonchev–Trinajstić information content (AvgIpc) is 2.74. The van der Waals surface area contributed by atoms with E-state index in [2.05, 4.69) is 13.8 Å². The van der Waals surface area contributed by atoms with Crippen LogP contribution in [-0.2, 0) is 19.1 Å². The summed E-state index contributed by atoms with van der Waals surface area (Å²) >= 11 is 0. The lowest BCUT2D eigenvalue weighted by atomic mass is 10.1. The SMILES string of the molecule is CCCCCCCCCCOC(=O)CCCCCC(=O)OCCCCCCCCC. The van der Waals surface area contributed by atoms with Gasteiger partial charge in [-0.15, -0.1) is 0 Å². The number of hydrogen-bond donors (Lipinski definition) is 0. The van der Waals surface area contributed by atoms with Crippen LogP contribution in [0.1, 0.15) is 142 Å². The van der Waals surface area contributed by atoms with Gasteiger partial charge in [-0.3, -0.25) is 9.59 Å². The highest BCUT2D eigenvalue weighted by Crippen LogP contribution is 2.10. The highest BCUT2D eigenvalue weighted by atomic mass is 16.5. The largest absolute Gasteiger partial charge is 0.466 e. The Morgan fingerprint density at radius 2 is 0.733 bits per heavy atom. The monoisotopic (exact) mass is 426 g/mol. The number of carbonyl (C=O) groups is 2. The molecule has 0 aromatic carbocycles. The smallest absolute Gasteiger partial charge is 0.305 e. The number of carbonyl (C=O) groups excluding carboxylic acids is 2. The highest BCUT2D eigenvalue weighted by Gasteiger charge is 2.05. The summed E-state index contributed by atoms with van der Waals surface area (Å²) in [6.07, 6.45) is 22.0. The summed E-state index contributed by atoms with van der Waals surface area (Å²) in [5.74, 6) is -0.197. The van der Waals surface area contributed by atoms with Gasteiger partial charge in [-0.25, -0.2) is 0 Å². The molecule has 30 heavy (non-hydrogen) atoms. The fourth-order valence-electron chi connectivity index (χ4n) is 3.53. The Labute approximate surface area is 186 Å². The fraction of sp³-hybridized carbons (Fsp3) is 0.923. The molecule has 0 N–H and O–H groups in total. The van der Waals surface area contributed by atoms with Crippen molar-refractivity contribution in [2.45, 2.75) is 142 Å². The van der Waals surface area contributed by atoms with E-state index >= 15 is 0 Å². The minimum absolute atomic E-state index is 0.0977. The predicted octanol–water partition coefficient (Wildman–Crippen LogP) is 7.91. The van der Waals surface area contributed by atoms with Crippen molar-refractivity contribution in [1.29, 1.82) is 0 Å². The van der Waals surface area contributed by atoms with Crippen molar-refractivity contribution in [3.05, 3.63) is 0 Å². The fourth-order valence-corrected chi connectivity index (χ4v) is 3.53. The molecule has 178 valence electrons. The molecule has 0 aromatic heterocycles. The van der Waals surface area contributed by atoms with E-state index < -0.39 is 0 Å². The molecular weight excluding hydrogens is 376 g/mol. The predicted molar refractivity (Wildman–Crippen MR) is 126 cm³/mol. The van der Waals surface area contributed by atoms with Crippen molar-refractivity contribution in [2.24, 2.45) is 0 Å². The summed E-state index contributed by atoms with van der Waals surface area (Å²) in [5, 5.41) is 0. The molecule has 0 radical (unpaired) electrons. The number of esters is 2. The average molecular weight is 427 g/mol. The maximum absolute atomic E-state index is 11.7. The Kier molecular flexibility index (Phi) is 23.4. The molecule has 0 unspecified atom stereocenters. The third-order valence-electron chi connectivity index (χ3n) is 5.53. The van der Waals surface area contributed by atoms with E-state index in [1.807, 2.05) is 0 Å². The first-order valence-electron chi connectivity index (χ1n) is 13.0. The third kappa shape index (κ3) is 23.2. The lowest BCUT2D eigenvalue weighted by molar-refractivity contribution is -0.144. The molecule has 0 aliphatic carbocycles. The maximum atomic E-state index is 11.7. The maximum Gasteiger partial charge on any atom is 0.305 e. The molecule has 0 amide bonds. The van der Waals surface area contributed by atoms with Gasteiger partial charge in [-0.1, -0.05) is 104 Å². The van der Waals surface area contributed by atoms with Crippen molar-refractivity contribution < 1.29 is 19.1 Å². The molecule has 0 atom stereocenters. The summed E-state index contributed by atoms with van der Waals surface area (Å²) in [4.78, 5) is 23.4. The molecule has 0 bridgehead atoms. The summed E-state index contributed by atoms with van der Waals surface area (Å²) < 4.78 is 10.6. The second-order valence-electron chi connectivity index (χ2n) is 8.60. The molecule has 4 nitrogen and oxygen atoms in total. The summed E-state index contributed by atoms with van der Waals surface area (Å²) in [6, 6.07) is 0. The van der Waals surface area contributed by atoms with Crippen molar-refractivity contribution in [1.82, 2.24) is 0 Å². The lowest BCUT2D eigenvalue weighted by Crippen LogP contribution is -2.07. The van der Waals surface area contributed by atoms with E-state index in [0.717, 1.165) is 44.9 Å². The quantitative estimate of drug-likeness (QED) is 0.123. The van der Waals surface area contributed by atoms with Gasteiger partial charge in [0.25, 0.3) is 0 Å². The van der Waals surface area contributed by atoms with E-state index in [0.29, 0.717) is 26.1 Å². The van der Waals surface area contributed by atoms with Crippen LogP contribution in [0.4, 0.5) is 0 Å². The van der Waals surface area contributed by atoms with Gasteiger partial charge >= 0.3 is 11.9 Å². The van der Waals surface area contributed by atoms with E-state index in [4.69, 9.17) is 9.47 Å². The zero-order chi connectivity index (χ0) is 22.1. The van der Waals surface area contributed by atoms with Crippen LogP contribution in [-0.4, -0.2) is 25.2 Å². The number of unbranched alkanes of at least 4 members (excludes halogenated alkanes) is 15. The summed E-state index contributed by atoms with van der Waals surface area (Å²) in [7, 11) is 0. The minimum atomic E-state index is -0.0988. The number of ether oxygens (including phenoxy) is 2. The Hall–Kier alpha value is -1.06. The van der Waals surface area contributed by atoms with Crippen molar-refractivity contribution in [3.63, 3.8) is 0 Å². The van der Waals surface area contributed by atoms with Crippen molar-refractivity contribution in [3.8, 4) is 0 Å². The topological polar surface area (TPSA) is 52.6 Å². The molecule has 0 fully saturated rings. The van der Waals surface area contributed by atoms with Gasteiger partial charge in [-0.05, 0) is 25.7 Å². The lowest BCUT2D eigenvalue weighted by Gasteiger charge is -2.06. The molecule has 0 aliphatic rings. The van der Waals surface area contributed by atoms with E-state index in [1.165, 1.54) is 70.6 Å². The van der Waals surface area contributed by atoms with Crippen LogP contribution in [0.5, 0.6) is 0 Å². The second kappa shape index (κ2) is 24.2. The number of hydrogen-bond acceptors (Lipinski definition) is 4. The van der Waals surface area contributed by atoms with Crippen LogP contribution in [0.25, 0.3) is 0 Å². The Bertz CT molecular complexity index is 381. The van der Waals surface area contributed by atoms with Gasteiger partial charge in [0.05, 0.1) is 13.2 Å². The molecule has 0 saturated carbocycles. The van der Waals surface area contributed by atoms with Gasteiger partial charge in [0, 0.05) is 12.8 Å².